The van der Waals surface area contributed by atoms with Crippen molar-refractivity contribution < 1.29 is 13.4 Å². The number of primary amides is 1. The summed E-state index contributed by atoms with van der Waals surface area (Å²) in [6.45, 7) is 1.77. The summed E-state index contributed by atoms with van der Waals surface area (Å²) in [6, 6.07) is 2.11. The molecule has 0 aromatic heterocycles. The molecule has 1 aromatic rings. The van der Waals surface area contributed by atoms with Gasteiger partial charge in [-0.3, -0.25) is 9.00 Å². The molecule has 100 valence electrons. The molecule has 0 saturated carbocycles. The second-order valence-electron chi connectivity index (χ2n) is 4.07. The first kappa shape index (κ1) is 14.4. The lowest BCUT2D eigenvalue weighted by molar-refractivity contribution is 0.100. The van der Waals surface area contributed by atoms with Gasteiger partial charge in [0, 0.05) is 34.5 Å². The van der Waals surface area contributed by atoms with Crippen LogP contribution >= 0.6 is 0 Å². The SMILES string of the molecule is CC(CS(C)=O)Nc1cc(C(N)=O)c(N)cc1F. The van der Waals surface area contributed by atoms with Gasteiger partial charge in [0.1, 0.15) is 5.82 Å². The fraction of sp³-hybridized carbons (Fsp3) is 0.364. The van der Waals surface area contributed by atoms with Gasteiger partial charge in [-0.2, -0.15) is 0 Å². The van der Waals surface area contributed by atoms with E-state index in [4.69, 9.17) is 11.5 Å². The molecule has 0 fully saturated rings. The number of nitrogens with two attached hydrogens (primary N) is 2. The number of hydrogen-bond acceptors (Lipinski definition) is 4. The number of benzene rings is 1. The Morgan fingerprint density at radius 1 is 1.56 bits per heavy atom. The number of nitrogen functional groups attached to an aromatic ring is 1. The average molecular weight is 273 g/mol. The van der Waals surface area contributed by atoms with Crippen molar-refractivity contribution in [3.63, 3.8) is 0 Å². The second kappa shape index (κ2) is 5.81. The van der Waals surface area contributed by atoms with Crippen LogP contribution in [-0.2, 0) is 10.8 Å². The van der Waals surface area contributed by atoms with E-state index < -0.39 is 22.5 Å². The predicted octanol–water partition coefficient (Wildman–Crippen LogP) is 0.686. The van der Waals surface area contributed by atoms with Crippen LogP contribution < -0.4 is 16.8 Å². The molecule has 0 heterocycles. The highest BCUT2D eigenvalue weighted by Gasteiger charge is 2.13. The van der Waals surface area contributed by atoms with Crippen LogP contribution in [0.2, 0.25) is 0 Å². The molecule has 5 nitrogen and oxygen atoms in total. The first-order valence-electron chi connectivity index (χ1n) is 5.26. The average Bonchev–Trinajstić information content (AvgIpc) is 2.20. The minimum Gasteiger partial charge on any atom is -0.398 e. The minimum atomic E-state index is -0.996. The lowest BCUT2D eigenvalue weighted by Gasteiger charge is -2.16. The van der Waals surface area contributed by atoms with E-state index in [0.717, 1.165) is 6.07 Å². The van der Waals surface area contributed by atoms with Crippen LogP contribution in [0.3, 0.4) is 0 Å². The maximum atomic E-state index is 13.6. The van der Waals surface area contributed by atoms with Gasteiger partial charge in [-0.1, -0.05) is 0 Å². The molecule has 2 atom stereocenters. The maximum Gasteiger partial charge on any atom is 0.250 e. The van der Waals surface area contributed by atoms with Crippen molar-refractivity contribution in [3.05, 3.63) is 23.5 Å². The molecule has 0 aliphatic heterocycles. The molecular formula is C11H16FN3O2S. The molecule has 0 spiro atoms. The van der Waals surface area contributed by atoms with Gasteiger partial charge in [-0.15, -0.1) is 0 Å². The Morgan fingerprint density at radius 3 is 2.67 bits per heavy atom. The second-order valence-corrected chi connectivity index (χ2v) is 5.55. The lowest BCUT2D eigenvalue weighted by Crippen LogP contribution is -2.23. The fourth-order valence-electron chi connectivity index (χ4n) is 1.57. The number of nitrogens with one attached hydrogen (secondary N) is 1. The molecule has 18 heavy (non-hydrogen) atoms. The summed E-state index contributed by atoms with van der Waals surface area (Å²) in [6.07, 6.45) is 1.56. The number of anilines is 2. The molecule has 5 N–H and O–H groups in total. The number of carbonyl (C=O) groups is 1. The molecule has 0 radical (unpaired) electrons. The standard InChI is InChI=1S/C11H16FN3O2S/c1-6(5-18(2)17)15-10-3-7(11(14)16)9(13)4-8(10)12/h3-4,6,15H,5,13H2,1-2H3,(H2,14,16). The van der Waals surface area contributed by atoms with Crippen molar-refractivity contribution in [2.75, 3.05) is 23.1 Å². The molecule has 0 bridgehead atoms. The Labute approximate surface area is 107 Å². The van der Waals surface area contributed by atoms with Crippen molar-refractivity contribution in [1.82, 2.24) is 0 Å². The normalized spacial score (nSPS) is 13.9. The molecule has 7 heteroatoms. The lowest BCUT2D eigenvalue weighted by atomic mass is 10.1. The first-order chi connectivity index (χ1) is 8.31. The quantitative estimate of drug-likeness (QED) is 0.687. The summed E-state index contributed by atoms with van der Waals surface area (Å²) in [5.74, 6) is -0.927. The van der Waals surface area contributed by atoms with E-state index in [0.29, 0.717) is 5.75 Å². The van der Waals surface area contributed by atoms with Gasteiger partial charge in [0.2, 0.25) is 0 Å². The highest BCUT2D eigenvalue weighted by molar-refractivity contribution is 7.84. The van der Waals surface area contributed by atoms with Gasteiger partial charge in [0.05, 0.1) is 11.3 Å². The van der Waals surface area contributed by atoms with Gasteiger partial charge >= 0.3 is 0 Å². The highest BCUT2D eigenvalue weighted by Crippen LogP contribution is 2.22. The van der Waals surface area contributed by atoms with Crippen LogP contribution in [-0.4, -0.2) is 28.2 Å². The molecule has 1 amide bonds. The zero-order chi connectivity index (χ0) is 13.9. The summed E-state index contributed by atoms with van der Waals surface area (Å²) in [7, 11) is -0.996. The molecule has 0 aliphatic carbocycles. The van der Waals surface area contributed by atoms with Crippen LogP contribution in [0.15, 0.2) is 12.1 Å². The number of carbonyl (C=O) groups excluding carboxylic acids is 1. The minimum absolute atomic E-state index is 0.00253. The summed E-state index contributed by atoms with van der Waals surface area (Å²) in [4.78, 5) is 11.1. The van der Waals surface area contributed by atoms with E-state index >= 15 is 0 Å². The first-order valence-corrected chi connectivity index (χ1v) is 6.99. The van der Waals surface area contributed by atoms with Gasteiger partial charge < -0.3 is 16.8 Å². The van der Waals surface area contributed by atoms with Crippen molar-refractivity contribution in [2.45, 2.75) is 13.0 Å². The van der Waals surface area contributed by atoms with Crippen LogP contribution in [0.25, 0.3) is 0 Å². The largest absolute Gasteiger partial charge is 0.398 e. The molecule has 0 saturated heterocycles. The van der Waals surface area contributed by atoms with Crippen molar-refractivity contribution >= 4 is 28.1 Å². The van der Waals surface area contributed by atoms with Gasteiger partial charge in [-0.05, 0) is 19.1 Å². The van der Waals surface area contributed by atoms with E-state index in [1.54, 1.807) is 13.2 Å². The third-order valence-corrected chi connectivity index (χ3v) is 3.26. The maximum absolute atomic E-state index is 13.6. The van der Waals surface area contributed by atoms with E-state index in [1.807, 2.05) is 0 Å². The molecule has 0 aliphatic rings. The highest BCUT2D eigenvalue weighted by atomic mass is 32.2. The predicted molar refractivity (Wildman–Crippen MR) is 71.3 cm³/mol. The van der Waals surface area contributed by atoms with E-state index in [9.17, 15) is 13.4 Å². The van der Waals surface area contributed by atoms with E-state index in [-0.39, 0.29) is 23.0 Å². The van der Waals surface area contributed by atoms with Gasteiger partial charge in [0.25, 0.3) is 5.91 Å². The number of amides is 1. The smallest absolute Gasteiger partial charge is 0.250 e. The topological polar surface area (TPSA) is 98.2 Å². The Hall–Kier alpha value is -1.63. The summed E-state index contributed by atoms with van der Waals surface area (Å²) in [5.41, 5.74) is 10.8. The Balaban J connectivity index is 2.98. The van der Waals surface area contributed by atoms with E-state index in [2.05, 4.69) is 5.32 Å². The Kier molecular flexibility index (Phi) is 4.66. The summed E-state index contributed by atoms with van der Waals surface area (Å²) in [5, 5.41) is 2.83. The van der Waals surface area contributed by atoms with Crippen molar-refractivity contribution in [1.29, 1.82) is 0 Å². The van der Waals surface area contributed by atoms with Gasteiger partial charge in [-0.25, -0.2) is 4.39 Å². The third-order valence-electron chi connectivity index (χ3n) is 2.29. The number of hydrogen-bond donors (Lipinski definition) is 3. The molecular weight excluding hydrogens is 257 g/mol. The molecule has 1 rings (SSSR count). The molecule has 1 aromatic carbocycles. The van der Waals surface area contributed by atoms with Crippen molar-refractivity contribution in [2.24, 2.45) is 5.73 Å². The van der Waals surface area contributed by atoms with Gasteiger partial charge in [0.15, 0.2) is 0 Å². The number of halogens is 1. The Bertz CT molecular complexity index is 493. The third kappa shape index (κ3) is 3.69. The summed E-state index contributed by atoms with van der Waals surface area (Å²) >= 11 is 0. The van der Waals surface area contributed by atoms with E-state index in [1.165, 1.54) is 6.07 Å². The van der Waals surface area contributed by atoms with Crippen LogP contribution in [0, 0.1) is 5.82 Å². The van der Waals surface area contributed by atoms with Crippen LogP contribution in [0.5, 0.6) is 0 Å². The molecule has 2 unspecified atom stereocenters. The monoisotopic (exact) mass is 273 g/mol. The fourth-order valence-corrected chi connectivity index (χ4v) is 2.36. The van der Waals surface area contributed by atoms with Crippen LogP contribution in [0.1, 0.15) is 17.3 Å². The summed E-state index contributed by atoms with van der Waals surface area (Å²) < 4.78 is 24.7. The van der Waals surface area contributed by atoms with Crippen LogP contribution in [0.4, 0.5) is 15.8 Å². The van der Waals surface area contributed by atoms with Crippen molar-refractivity contribution in [3.8, 4) is 0 Å². The zero-order valence-corrected chi connectivity index (χ0v) is 11.0. The number of rotatable bonds is 5. The Morgan fingerprint density at radius 2 is 2.17 bits per heavy atom. The zero-order valence-electron chi connectivity index (χ0n) is 10.2.